The molecule has 1 fully saturated rings. The predicted octanol–water partition coefficient (Wildman–Crippen LogP) is -0.563. The lowest BCUT2D eigenvalue weighted by Crippen LogP contribution is -2.57. The van der Waals surface area contributed by atoms with Crippen LogP contribution in [0.25, 0.3) is 0 Å². The van der Waals surface area contributed by atoms with Gasteiger partial charge in [0.1, 0.15) is 12.6 Å². The van der Waals surface area contributed by atoms with Gasteiger partial charge in [0.05, 0.1) is 0 Å². The van der Waals surface area contributed by atoms with Gasteiger partial charge in [0, 0.05) is 19.6 Å². The number of hydrogen-bond donors (Lipinski definition) is 2. The largest absolute Gasteiger partial charge is 0.480 e. The van der Waals surface area contributed by atoms with E-state index < -0.39 is 29.7 Å². The van der Waals surface area contributed by atoms with E-state index in [2.05, 4.69) is 5.32 Å². The summed E-state index contributed by atoms with van der Waals surface area (Å²) in [6, 6.07) is -0.963. The van der Waals surface area contributed by atoms with Crippen LogP contribution in [0.4, 0.5) is 0 Å². The van der Waals surface area contributed by atoms with Crippen LogP contribution in [0.3, 0.4) is 0 Å². The molecule has 0 aromatic rings. The third kappa shape index (κ3) is 4.71. The van der Waals surface area contributed by atoms with E-state index in [1.165, 1.54) is 4.90 Å². The molecule has 0 saturated carbocycles. The minimum absolute atomic E-state index is 0.276. The van der Waals surface area contributed by atoms with Gasteiger partial charge in [-0.05, 0) is 13.3 Å². The summed E-state index contributed by atoms with van der Waals surface area (Å²) in [4.78, 5) is 49.1. The molecule has 3 amide bonds. The molecule has 8 nitrogen and oxygen atoms in total. The molecule has 0 radical (unpaired) electrons. The van der Waals surface area contributed by atoms with Crippen LogP contribution in [0.5, 0.6) is 0 Å². The van der Waals surface area contributed by atoms with Gasteiger partial charge in [-0.25, -0.2) is 4.79 Å². The molecular weight excluding hydrogens is 290 g/mol. The minimum atomic E-state index is -1.10. The molecule has 0 spiro atoms. The first kappa shape index (κ1) is 17.9. The Bertz CT molecular complexity index is 452. The SMILES string of the molecule is CCCC[C@H](NC(=O)CN1CCN(CC)C(=O)C1=O)C(=O)O. The lowest BCUT2D eigenvalue weighted by atomic mass is 10.1. The molecule has 1 aliphatic heterocycles. The molecule has 1 aliphatic rings. The summed E-state index contributed by atoms with van der Waals surface area (Å²) in [5, 5.41) is 11.5. The van der Waals surface area contributed by atoms with Crippen molar-refractivity contribution >= 4 is 23.7 Å². The highest BCUT2D eigenvalue weighted by Crippen LogP contribution is 2.05. The van der Waals surface area contributed by atoms with Crippen LogP contribution < -0.4 is 5.32 Å². The van der Waals surface area contributed by atoms with Crippen LogP contribution in [0.1, 0.15) is 33.1 Å². The number of rotatable bonds is 8. The van der Waals surface area contributed by atoms with Gasteiger partial charge in [-0.2, -0.15) is 0 Å². The molecule has 8 heteroatoms. The average Bonchev–Trinajstić information content (AvgIpc) is 2.48. The predicted molar refractivity (Wildman–Crippen MR) is 77.9 cm³/mol. The summed E-state index contributed by atoms with van der Waals surface area (Å²) < 4.78 is 0. The average molecular weight is 313 g/mol. The maximum absolute atomic E-state index is 11.9. The van der Waals surface area contributed by atoms with E-state index in [-0.39, 0.29) is 13.1 Å². The molecule has 22 heavy (non-hydrogen) atoms. The zero-order chi connectivity index (χ0) is 16.7. The van der Waals surface area contributed by atoms with Crippen LogP contribution in [-0.4, -0.2) is 70.8 Å². The fourth-order valence-electron chi connectivity index (χ4n) is 2.25. The van der Waals surface area contributed by atoms with Crippen molar-refractivity contribution in [1.29, 1.82) is 0 Å². The second-order valence-corrected chi connectivity index (χ2v) is 5.21. The zero-order valence-electron chi connectivity index (χ0n) is 13.0. The standard InChI is InChI=1S/C14H23N3O5/c1-3-5-6-10(14(21)22)15-11(18)9-17-8-7-16(4-2)12(19)13(17)20/h10H,3-9H2,1-2H3,(H,15,18)(H,21,22)/t10-/m0/s1. The summed E-state index contributed by atoms with van der Waals surface area (Å²) in [6.45, 7) is 4.52. The fraction of sp³-hybridized carbons (Fsp3) is 0.714. The number of nitrogens with one attached hydrogen (secondary N) is 1. The summed E-state index contributed by atoms with van der Waals surface area (Å²) in [5.74, 6) is -3.00. The van der Waals surface area contributed by atoms with Gasteiger partial charge in [0.25, 0.3) is 0 Å². The normalized spacial score (nSPS) is 16.6. The summed E-state index contributed by atoms with van der Waals surface area (Å²) >= 11 is 0. The van der Waals surface area contributed by atoms with Crippen molar-refractivity contribution in [2.45, 2.75) is 39.2 Å². The second-order valence-electron chi connectivity index (χ2n) is 5.21. The van der Waals surface area contributed by atoms with Crippen molar-refractivity contribution < 1.29 is 24.3 Å². The quantitative estimate of drug-likeness (QED) is 0.584. The third-order valence-electron chi connectivity index (χ3n) is 3.59. The number of carbonyl (C=O) groups excluding carboxylic acids is 3. The first-order valence-electron chi connectivity index (χ1n) is 7.51. The Morgan fingerprint density at radius 1 is 1.18 bits per heavy atom. The lowest BCUT2D eigenvalue weighted by Gasteiger charge is -2.32. The highest BCUT2D eigenvalue weighted by atomic mass is 16.4. The molecule has 1 rings (SSSR count). The van der Waals surface area contributed by atoms with E-state index in [9.17, 15) is 19.2 Å². The third-order valence-corrected chi connectivity index (χ3v) is 3.59. The number of likely N-dealkylation sites (N-methyl/N-ethyl adjacent to an activating group) is 1. The number of piperazine rings is 1. The lowest BCUT2D eigenvalue weighted by molar-refractivity contribution is -0.156. The number of aliphatic carboxylic acids is 1. The number of nitrogens with zero attached hydrogens (tertiary/aromatic N) is 2. The first-order chi connectivity index (χ1) is 10.4. The smallest absolute Gasteiger partial charge is 0.326 e. The van der Waals surface area contributed by atoms with Gasteiger partial charge in [-0.1, -0.05) is 19.8 Å². The number of hydrogen-bond acceptors (Lipinski definition) is 4. The van der Waals surface area contributed by atoms with Crippen molar-refractivity contribution in [2.75, 3.05) is 26.2 Å². The molecular formula is C14H23N3O5. The highest BCUT2D eigenvalue weighted by Gasteiger charge is 2.33. The Balaban J connectivity index is 2.55. The highest BCUT2D eigenvalue weighted by molar-refractivity contribution is 6.35. The van der Waals surface area contributed by atoms with Gasteiger partial charge in [0.15, 0.2) is 0 Å². The van der Waals surface area contributed by atoms with Crippen molar-refractivity contribution in [2.24, 2.45) is 0 Å². The van der Waals surface area contributed by atoms with E-state index in [0.29, 0.717) is 25.9 Å². The zero-order valence-corrected chi connectivity index (χ0v) is 13.0. The van der Waals surface area contributed by atoms with Crippen molar-refractivity contribution in [1.82, 2.24) is 15.1 Å². The van der Waals surface area contributed by atoms with Crippen LogP contribution in [0, 0.1) is 0 Å². The Morgan fingerprint density at radius 2 is 1.77 bits per heavy atom. The van der Waals surface area contributed by atoms with E-state index in [1.54, 1.807) is 6.92 Å². The van der Waals surface area contributed by atoms with Crippen LogP contribution >= 0.6 is 0 Å². The summed E-state index contributed by atoms with van der Waals surface area (Å²) in [5.41, 5.74) is 0. The van der Waals surface area contributed by atoms with E-state index in [0.717, 1.165) is 11.3 Å². The van der Waals surface area contributed by atoms with Gasteiger partial charge >= 0.3 is 17.8 Å². The number of carboxylic acid groups (broad SMARTS) is 1. The Hall–Kier alpha value is -2.12. The maximum Gasteiger partial charge on any atom is 0.326 e. The summed E-state index contributed by atoms with van der Waals surface area (Å²) in [7, 11) is 0. The van der Waals surface area contributed by atoms with E-state index in [4.69, 9.17) is 5.11 Å². The monoisotopic (exact) mass is 313 g/mol. The maximum atomic E-state index is 11.9. The fourth-order valence-corrected chi connectivity index (χ4v) is 2.25. The van der Waals surface area contributed by atoms with Gasteiger partial charge in [-0.3, -0.25) is 14.4 Å². The molecule has 124 valence electrons. The molecule has 0 aromatic heterocycles. The summed E-state index contributed by atoms with van der Waals surface area (Å²) in [6.07, 6.45) is 1.85. The van der Waals surface area contributed by atoms with Gasteiger partial charge < -0.3 is 20.2 Å². The molecule has 0 aromatic carbocycles. The molecule has 0 unspecified atom stereocenters. The molecule has 1 saturated heterocycles. The first-order valence-corrected chi connectivity index (χ1v) is 7.51. The van der Waals surface area contributed by atoms with Crippen molar-refractivity contribution in [3.05, 3.63) is 0 Å². The molecule has 0 aliphatic carbocycles. The van der Waals surface area contributed by atoms with Crippen molar-refractivity contribution in [3.8, 4) is 0 Å². The molecule has 0 bridgehead atoms. The number of amides is 3. The Kier molecular flexibility index (Phi) is 6.81. The number of unbranched alkanes of at least 4 members (excludes halogenated alkanes) is 1. The van der Waals surface area contributed by atoms with Gasteiger partial charge in [0.2, 0.25) is 5.91 Å². The number of carbonyl (C=O) groups is 4. The molecule has 2 N–H and O–H groups in total. The van der Waals surface area contributed by atoms with Gasteiger partial charge in [-0.15, -0.1) is 0 Å². The molecule has 1 heterocycles. The van der Waals surface area contributed by atoms with E-state index >= 15 is 0 Å². The Morgan fingerprint density at radius 3 is 2.32 bits per heavy atom. The second kappa shape index (κ2) is 8.35. The van der Waals surface area contributed by atoms with Crippen molar-refractivity contribution in [3.63, 3.8) is 0 Å². The topological polar surface area (TPSA) is 107 Å². The minimum Gasteiger partial charge on any atom is -0.480 e. The number of carboxylic acids is 1. The molecule has 1 atom stereocenters. The van der Waals surface area contributed by atoms with Crippen LogP contribution in [0.15, 0.2) is 0 Å². The van der Waals surface area contributed by atoms with Crippen LogP contribution in [0.2, 0.25) is 0 Å². The Labute approximate surface area is 129 Å². The van der Waals surface area contributed by atoms with E-state index in [1.807, 2.05) is 6.92 Å². The van der Waals surface area contributed by atoms with Crippen LogP contribution in [-0.2, 0) is 19.2 Å².